The Labute approximate surface area is 199 Å². The van der Waals surface area contributed by atoms with Gasteiger partial charge in [0.2, 0.25) is 5.91 Å². The molecule has 5 nitrogen and oxygen atoms in total. The Morgan fingerprint density at radius 3 is 2.75 bits per heavy atom. The van der Waals surface area contributed by atoms with Crippen molar-refractivity contribution in [3.05, 3.63) is 54.4 Å². The smallest absolute Gasteiger partial charge is 0.225 e. The van der Waals surface area contributed by atoms with Crippen molar-refractivity contribution in [3.63, 3.8) is 0 Å². The van der Waals surface area contributed by atoms with Crippen molar-refractivity contribution in [2.75, 3.05) is 38.1 Å². The highest BCUT2D eigenvalue weighted by Gasteiger charge is 2.27. The van der Waals surface area contributed by atoms with Crippen LogP contribution < -0.4 is 9.62 Å². The lowest BCUT2D eigenvalue weighted by Gasteiger charge is -2.34. The number of aromatic nitrogens is 1. The summed E-state index contributed by atoms with van der Waals surface area (Å²) in [7, 11) is 1.96. The molecule has 1 N–H and O–H groups in total. The summed E-state index contributed by atoms with van der Waals surface area (Å²) in [6, 6.07) is 13.0. The number of pyridine rings is 1. The van der Waals surface area contributed by atoms with Gasteiger partial charge in [-0.2, -0.15) is 0 Å². The Hall–Kier alpha value is -2.09. The van der Waals surface area contributed by atoms with E-state index >= 15 is 0 Å². The van der Waals surface area contributed by atoms with E-state index in [4.69, 9.17) is 0 Å². The van der Waals surface area contributed by atoms with Crippen LogP contribution in [0.5, 0.6) is 0 Å². The predicted octanol–water partition coefficient (Wildman–Crippen LogP) is 5.36. The molecule has 0 atom stereocenters. The maximum atomic E-state index is 12.8. The zero-order valence-corrected chi connectivity index (χ0v) is 20.6. The number of amides is 1. The van der Waals surface area contributed by atoms with E-state index in [9.17, 15) is 4.79 Å². The summed E-state index contributed by atoms with van der Waals surface area (Å²) in [5.74, 6) is 0.464. The minimum atomic E-state index is 0.156. The SMILES string of the molecule is Cc1ccc2sc(SNCCCCN(C)C(=O)C3CCN(c4ccncc4)CC3)cc2c1. The largest absolute Gasteiger partial charge is 0.371 e. The molecule has 3 aromatic rings. The average Bonchev–Trinajstić information content (AvgIpc) is 3.23. The molecular formula is C25H32N4OS2. The Morgan fingerprint density at radius 1 is 1.19 bits per heavy atom. The van der Waals surface area contributed by atoms with Gasteiger partial charge in [-0.05, 0) is 74.2 Å². The highest BCUT2D eigenvalue weighted by Crippen LogP contribution is 2.32. The molecule has 4 rings (SSSR count). The summed E-state index contributed by atoms with van der Waals surface area (Å²) in [5.41, 5.74) is 2.51. The van der Waals surface area contributed by atoms with Crippen LogP contribution in [0.15, 0.2) is 53.0 Å². The van der Waals surface area contributed by atoms with Gasteiger partial charge >= 0.3 is 0 Å². The van der Waals surface area contributed by atoms with E-state index < -0.39 is 0 Å². The number of piperidine rings is 1. The Balaban J connectivity index is 1.11. The third kappa shape index (κ3) is 6.03. The maximum absolute atomic E-state index is 12.8. The third-order valence-corrected chi connectivity index (χ3v) is 8.17. The molecule has 1 saturated heterocycles. The van der Waals surface area contributed by atoms with Crippen molar-refractivity contribution in [3.8, 4) is 0 Å². The van der Waals surface area contributed by atoms with Crippen LogP contribution in [0.25, 0.3) is 10.1 Å². The Bertz CT molecular complexity index is 1020. The summed E-state index contributed by atoms with van der Waals surface area (Å²) in [6.45, 7) is 5.79. The van der Waals surface area contributed by atoms with E-state index in [1.54, 1.807) is 11.9 Å². The topological polar surface area (TPSA) is 48.5 Å². The standard InChI is InChI=1S/C25H32N4OS2/c1-19-5-6-23-21(17-19)18-24(31-23)32-27-11-3-4-14-28(2)25(30)20-9-15-29(16-10-20)22-7-12-26-13-8-22/h5-8,12-13,17-18,20,27H,3-4,9-11,14-16H2,1-2H3. The molecule has 7 heteroatoms. The van der Waals surface area contributed by atoms with E-state index in [0.29, 0.717) is 5.91 Å². The number of nitrogens with one attached hydrogen (secondary N) is 1. The fraction of sp³-hybridized carbons (Fsp3) is 0.440. The van der Waals surface area contributed by atoms with Crippen molar-refractivity contribution in [1.29, 1.82) is 0 Å². The quantitative estimate of drug-likeness (QED) is 0.339. The molecular weight excluding hydrogens is 436 g/mol. The second-order valence-electron chi connectivity index (χ2n) is 8.54. The van der Waals surface area contributed by atoms with Crippen LogP contribution in [0.2, 0.25) is 0 Å². The first kappa shape index (κ1) is 23.1. The van der Waals surface area contributed by atoms with Crippen LogP contribution in [-0.4, -0.2) is 49.0 Å². The number of benzene rings is 1. The number of rotatable bonds is 9. The van der Waals surface area contributed by atoms with E-state index in [0.717, 1.165) is 51.9 Å². The summed E-state index contributed by atoms with van der Waals surface area (Å²) in [5, 5.41) is 1.33. The van der Waals surface area contributed by atoms with E-state index in [2.05, 4.69) is 45.8 Å². The number of fused-ring (bicyclic) bond motifs is 1. The lowest BCUT2D eigenvalue weighted by molar-refractivity contribution is -0.134. The summed E-state index contributed by atoms with van der Waals surface area (Å²) in [6.07, 6.45) is 7.61. The Kier molecular flexibility index (Phi) is 8.05. The number of hydrogen-bond donors (Lipinski definition) is 1. The third-order valence-electron chi connectivity index (χ3n) is 6.09. The number of anilines is 1. The average molecular weight is 469 g/mol. The van der Waals surface area contributed by atoms with E-state index in [1.807, 2.05) is 47.8 Å². The van der Waals surface area contributed by atoms with Gasteiger partial charge in [-0.3, -0.25) is 14.5 Å². The molecule has 1 amide bonds. The van der Waals surface area contributed by atoms with E-state index in [-0.39, 0.29) is 5.92 Å². The normalized spacial score (nSPS) is 14.8. The van der Waals surface area contributed by atoms with Gasteiger partial charge in [0.15, 0.2) is 0 Å². The second kappa shape index (κ2) is 11.2. The van der Waals surface area contributed by atoms with Crippen LogP contribution in [0.1, 0.15) is 31.2 Å². The summed E-state index contributed by atoms with van der Waals surface area (Å²) in [4.78, 5) is 21.2. The number of unbranched alkanes of at least 4 members (excludes halogenated alkanes) is 1. The minimum absolute atomic E-state index is 0.156. The van der Waals surface area contributed by atoms with Crippen molar-refractivity contribution in [2.45, 2.75) is 36.8 Å². The molecule has 3 heterocycles. The molecule has 1 aliphatic heterocycles. The molecule has 2 aromatic heterocycles. The van der Waals surface area contributed by atoms with Gasteiger partial charge in [-0.15, -0.1) is 11.3 Å². The number of hydrogen-bond acceptors (Lipinski definition) is 6. The molecule has 0 unspecified atom stereocenters. The monoisotopic (exact) mass is 468 g/mol. The van der Waals surface area contributed by atoms with Gasteiger partial charge in [-0.1, -0.05) is 17.7 Å². The first-order valence-electron chi connectivity index (χ1n) is 11.4. The number of aryl methyl sites for hydroxylation is 1. The fourth-order valence-corrected chi connectivity index (χ4v) is 6.18. The van der Waals surface area contributed by atoms with Gasteiger partial charge in [-0.25, -0.2) is 0 Å². The summed E-state index contributed by atoms with van der Waals surface area (Å²) < 4.78 is 6.12. The molecule has 1 aliphatic rings. The number of nitrogens with zero attached hydrogens (tertiary/aromatic N) is 3. The lowest BCUT2D eigenvalue weighted by atomic mass is 9.95. The Morgan fingerprint density at radius 2 is 1.97 bits per heavy atom. The molecule has 0 bridgehead atoms. The first-order valence-corrected chi connectivity index (χ1v) is 13.0. The number of carbonyl (C=O) groups excluding carboxylic acids is 1. The van der Waals surface area contributed by atoms with Crippen LogP contribution in [0, 0.1) is 12.8 Å². The van der Waals surface area contributed by atoms with Crippen LogP contribution in [-0.2, 0) is 4.79 Å². The molecule has 170 valence electrons. The zero-order chi connectivity index (χ0) is 22.3. The van der Waals surface area contributed by atoms with E-state index in [1.165, 1.54) is 25.5 Å². The molecule has 0 aliphatic carbocycles. The van der Waals surface area contributed by atoms with Gasteiger partial charge in [0.05, 0.1) is 4.21 Å². The van der Waals surface area contributed by atoms with Gasteiger partial charge in [0, 0.05) is 61.9 Å². The lowest BCUT2D eigenvalue weighted by Crippen LogP contribution is -2.41. The van der Waals surface area contributed by atoms with Crippen molar-refractivity contribution < 1.29 is 4.79 Å². The van der Waals surface area contributed by atoms with Crippen LogP contribution >= 0.6 is 23.3 Å². The van der Waals surface area contributed by atoms with Crippen LogP contribution in [0.3, 0.4) is 0 Å². The van der Waals surface area contributed by atoms with Crippen molar-refractivity contribution in [1.82, 2.24) is 14.6 Å². The highest BCUT2D eigenvalue weighted by atomic mass is 32.2. The maximum Gasteiger partial charge on any atom is 0.225 e. The zero-order valence-electron chi connectivity index (χ0n) is 18.9. The number of carbonyl (C=O) groups is 1. The molecule has 0 radical (unpaired) electrons. The second-order valence-corrected chi connectivity index (χ2v) is 10.8. The predicted molar refractivity (Wildman–Crippen MR) is 136 cm³/mol. The molecule has 0 saturated carbocycles. The molecule has 0 spiro atoms. The van der Waals surface area contributed by atoms with Crippen molar-refractivity contribution >= 4 is 45.0 Å². The molecule has 32 heavy (non-hydrogen) atoms. The van der Waals surface area contributed by atoms with Gasteiger partial charge in [0.1, 0.15) is 0 Å². The van der Waals surface area contributed by atoms with Gasteiger partial charge < -0.3 is 9.80 Å². The highest BCUT2D eigenvalue weighted by molar-refractivity contribution is 7.99. The molecule has 1 fully saturated rings. The fourth-order valence-electron chi connectivity index (χ4n) is 4.22. The summed E-state index contributed by atoms with van der Waals surface area (Å²) >= 11 is 3.55. The van der Waals surface area contributed by atoms with Crippen LogP contribution in [0.4, 0.5) is 5.69 Å². The minimum Gasteiger partial charge on any atom is -0.371 e. The van der Waals surface area contributed by atoms with Crippen molar-refractivity contribution in [2.24, 2.45) is 5.92 Å². The number of thiophene rings is 1. The van der Waals surface area contributed by atoms with Gasteiger partial charge in [0.25, 0.3) is 0 Å². The first-order chi connectivity index (χ1) is 15.6. The molecule has 1 aromatic carbocycles.